The fraction of sp³-hybridized carbons (Fsp3) is 1.00. The molecule has 0 N–H and O–H groups in total. The van der Waals surface area contributed by atoms with E-state index >= 15 is 0 Å². The predicted molar refractivity (Wildman–Crippen MR) is 85.9 cm³/mol. The Morgan fingerprint density at radius 2 is 1.37 bits per heavy atom. The first-order chi connectivity index (χ1) is 8.89. The van der Waals surface area contributed by atoms with Gasteiger partial charge < -0.3 is 0 Å². The second kappa shape index (κ2) is 11.2. The Kier molecular flexibility index (Phi) is 11.5. The van der Waals surface area contributed by atoms with E-state index in [2.05, 4.69) is 6.92 Å². The van der Waals surface area contributed by atoms with Crippen LogP contribution in [0.3, 0.4) is 0 Å². The number of hydrogen-bond acceptors (Lipinski definition) is 4. The molecule has 0 spiro atoms. The van der Waals surface area contributed by atoms with Crippen LogP contribution < -0.4 is 0 Å². The molecule has 3 nitrogen and oxygen atoms in total. The van der Waals surface area contributed by atoms with Crippen molar-refractivity contribution in [3.63, 3.8) is 0 Å². The van der Waals surface area contributed by atoms with E-state index in [1.54, 1.807) is 0 Å². The molecule has 0 rings (SSSR count). The maximum Gasteiger partial charge on any atom is 0.389 e. The Labute approximate surface area is 123 Å². The zero-order valence-electron chi connectivity index (χ0n) is 13.2. The summed E-state index contributed by atoms with van der Waals surface area (Å²) in [5, 5.41) is 0. The molecule has 0 radical (unpaired) electrons. The average Bonchev–Trinajstić information content (AvgIpc) is 2.25. The summed E-state index contributed by atoms with van der Waals surface area (Å²) in [5.74, 6) is 0.850. The number of unbranched alkanes of at least 4 members (excludes halogenated alkanes) is 5. The summed E-state index contributed by atoms with van der Waals surface area (Å²) >= 11 is 1.36. The Morgan fingerprint density at radius 1 is 0.895 bits per heavy atom. The normalized spacial score (nSPS) is 12.6. The highest BCUT2D eigenvalue weighted by Crippen LogP contribution is 2.62. The molecule has 0 amide bonds. The van der Waals surface area contributed by atoms with Gasteiger partial charge in [-0.25, -0.2) is 4.57 Å². The van der Waals surface area contributed by atoms with Crippen molar-refractivity contribution in [2.24, 2.45) is 0 Å². The molecule has 0 unspecified atom stereocenters. The van der Waals surface area contributed by atoms with E-state index in [0.717, 1.165) is 12.2 Å². The first kappa shape index (κ1) is 19.5. The summed E-state index contributed by atoms with van der Waals surface area (Å²) in [7, 11) is 0. The summed E-state index contributed by atoms with van der Waals surface area (Å²) in [6.45, 7) is 6.81. The quantitative estimate of drug-likeness (QED) is 0.325. The van der Waals surface area contributed by atoms with Crippen molar-refractivity contribution >= 4 is 18.2 Å². The van der Waals surface area contributed by atoms with Crippen LogP contribution >= 0.6 is 18.2 Å². The van der Waals surface area contributed by atoms with Crippen LogP contribution in [-0.4, -0.2) is 18.0 Å². The smallest absolute Gasteiger partial charge is 0.298 e. The van der Waals surface area contributed by atoms with Crippen LogP contribution in [0, 0.1) is 0 Å². The monoisotopic (exact) mass is 310 g/mol. The van der Waals surface area contributed by atoms with Gasteiger partial charge in [-0.15, -0.1) is 0 Å². The van der Waals surface area contributed by atoms with Crippen molar-refractivity contribution in [3.8, 4) is 0 Å². The fourth-order valence-corrected chi connectivity index (χ4v) is 5.88. The average molecular weight is 310 g/mol. The van der Waals surface area contributed by atoms with Crippen molar-refractivity contribution in [1.82, 2.24) is 0 Å². The van der Waals surface area contributed by atoms with Gasteiger partial charge in [-0.05, 0) is 45.5 Å². The van der Waals surface area contributed by atoms with E-state index in [1.165, 1.54) is 43.5 Å². The SMILES string of the molecule is CCCCCCCCSP(=O)(OC(C)C)OC(C)C. The van der Waals surface area contributed by atoms with Crippen molar-refractivity contribution in [1.29, 1.82) is 0 Å². The van der Waals surface area contributed by atoms with Gasteiger partial charge >= 0.3 is 6.80 Å². The topological polar surface area (TPSA) is 35.5 Å². The van der Waals surface area contributed by atoms with Gasteiger partial charge in [0.25, 0.3) is 0 Å². The van der Waals surface area contributed by atoms with E-state index < -0.39 is 6.80 Å². The molecule has 0 aliphatic heterocycles. The van der Waals surface area contributed by atoms with Crippen LogP contribution in [0.25, 0.3) is 0 Å². The molecule has 0 atom stereocenters. The molecule has 0 fully saturated rings. The van der Waals surface area contributed by atoms with Gasteiger partial charge in [0.15, 0.2) is 0 Å². The van der Waals surface area contributed by atoms with Gasteiger partial charge in [0.1, 0.15) is 0 Å². The number of hydrogen-bond donors (Lipinski definition) is 0. The van der Waals surface area contributed by atoms with Gasteiger partial charge in [-0.1, -0.05) is 39.0 Å². The Bertz CT molecular complexity index is 243. The van der Waals surface area contributed by atoms with Crippen LogP contribution in [0.1, 0.15) is 73.1 Å². The highest BCUT2D eigenvalue weighted by molar-refractivity contribution is 8.55. The summed E-state index contributed by atoms with van der Waals surface area (Å²) in [4.78, 5) is 0. The van der Waals surface area contributed by atoms with Crippen LogP contribution in [0.15, 0.2) is 0 Å². The molecule has 0 aromatic rings. The molecule has 0 aromatic heterocycles. The lowest BCUT2D eigenvalue weighted by Crippen LogP contribution is -2.06. The predicted octanol–water partition coefficient (Wildman–Crippen LogP) is 6.04. The van der Waals surface area contributed by atoms with Gasteiger partial charge in [0.2, 0.25) is 0 Å². The maximum absolute atomic E-state index is 12.5. The van der Waals surface area contributed by atoms with E-state index in [0.29, 0.717) is 0 Å². The van der Waals surface area contributed by atoms with Crippen molar-refractivity contribution in [2.45, 2.75) is 85.4 Å². The van der Waals surface area contributed by atoms with Crippen molar-refractivity contribution < 1.29 is 13.6 Å². The van der Waals surface area contributed by atoms with Crippen molar-refractivity contribution in [3.05, 3.63) is 0 Å². The molecule has 0 aliphatic carbocycles. The third-order valence-electron chi connectivity index (χ3n) is 2.43. The summed E-state index contributed by atoms with van der Waals surface area (Å²) in [6.07, 6.45) is 7.33. The molecular weight excluding hydrogens is 279 g/mol. The van der Waals surface area contributed by atoms with E-state index in [4.69, 9.17) is 9.05 Å². The minimum Gasteiger partial charge on any atom is -0.298 e. The summed E-state index contributed by atoms with van der Waals surface area (Å²) < 4.78 is 23.5. The first-order valence-electron chi connectivity index (χ1n) is 7.51. The molecule has 0 heterocycles. The van der Waals surface area contributed by atoms with E-state index in [9.17, 15) is 4.57 Å². The van der Waals surface area contributed by atoms with Gasteiger partial charge in [-0.2, -0.15) is 0 Å². The lowest BCUT2D eigenvalue weighted by Gasteiger charge is -2.21. The van der Waals surface area contributed by atoms with Crippen LogP contribution in [0.4, 0.5) is 0 Å². The highest BCUT2D eigenvalue weighted by Gasteiger charge is 2.28. The standard InChI is InChI=1S/C14H31O3PS/c1-6-7-8-9-10-11-12-19-18(15,16-13(2)3)17-14(4)5/h13-14H,6-12H2,1-5H3. The third-order valence-corrected chi connectivity index (χ3v) is 6.59. The van der Waals surface area contributed by atoms with E-state index in [1.807, 2.05) is 27.7 Å². The second-order valence-electron chi connectivity index (χ2n) is 5.36. The lowest BCUT2D eigenvalue weighted by atomic mass is 10.1. The molecule has 0 saturated carbocycles. The van der Waals surface area contributed by atoms with Crippen molar-refractivity contribution in [2.75, 3.05) is 5.75 Å². The minimum absolute atomic E-state index is 0.0679. The zero-order chi connectivity index (χ0) is 14.7. The van der Waals surface area contributed by atoms with Crippen LogP contribution in [0.5, 0.6) is 0 Å². The van der Waals surface area contributed by atoms with Crippen LogP contribution in [-0.2, 0) is 13.6 Å². The van der Waals surface area contributed by atoms with Gasteiger partial charge in [-0.3, -0.25) is 9.05 Å². The fourth-order valence-electron chi connectivity index (χ4n) is 1.66. The largest absolute Gasteiger partial charge is 0.389 e. The number of rotatable bonds is 12. The summed E-state index contributed by atoms with van der Waals surface area (Å²) in [5.41, 5.74) is 0. The first-order valence-corrected chi connectivity index (χ1v) is 10.6. The molecule has 0 saturated heterocycles. The summed E-state index contributed by atoms with van der Waals surface area (Å²) in [6, 6.07) is 0. The Morgan fingerprint density at radius 3 is 1.84 bits per heavy atom. The Hall–Kier alpha value is 0.500. The molecular formula is C14H31O3PS. The third kappa shape index (κ3) is 12.0. The molecule has 0 bridgehead atoms. The molecule has 0 aliphatic rings. The second-order valence-corrected chi connectivity index (χ2v) is 9.46. The molecule has 0 aromatic carbocycles. The van der Waals surface area contributed by atoms with E-state index in [-0.39, 0.29) is 12.2 Å². The van der Waals surface area contributed by atoms with Gasteiger partial charge in [0.05, 0.1) is 12.2 Å². The molecule has 19 heavy (non-hydrogen) atoms. The highest BCUT2D eigenvalue weighted by atomic mass is 32.7. The maximum atomic E-state index is 12.5. The minimum atomic E-state index is -2.98. The lowest BCUT2D eigenvalue weighted by molar-refractivity contribution is 0.156. The van der Waals surface area contributed by atoms with Gasteiger partial charge in [0, 0.05) is 5.75 Å². The molecule has 116 valence electrons. The zero-order valence-corrected chi connectivity index (χ0v) is 14.9. The van der Waals surface area contributed by atoms with Crippen LogP contribution in [0.2, 0.25) is 0 Å². The molecule has 5 heteroatoms. The Balaban J connectivity index is 3.90.